The van der Waals surface area contributed by atoms with Crippen LogP contribution in [-0.2, 0) is 14.3 Å². The quantitative estimate of drug-likeness (QED) is 0.537. The fourth-order valence-corrected chi connectivity index (χ4v) is 7.97. The Hall–Kier alpha value is -1.55. The van der Waals surface area contributed by atoms with Crippen molar-refractivity contribution in [3.8, 4) is 5.75 Å². The number of nitrogens with one attached hydrogen (secondary N) is 2. The maximum atomic E-state index is 13.5. The first-order valence-electron chi connectivity index (χ1n) is 12.4. The third-order valence-electron chi connectivity index (χ3n) is 7.96. The van der Waals surface area contributed by atoms with E-state index in [9.17, 15) is 14.0 Å². The van der Waals surface area contributed by atoms with E-state index in [-0.39, 0.29) is 57.1 Å². The lowest BCUT2D eigenvalue weighted by molar-refractivity contribution is -0.150. The number of halogens is 2. The molecule has 4 saturated carbocycles. The van der Waals surface area contributed by atoms with Gasteiger partial charge in [-0.05, 0) is 51.2 Å². The molecule has 1 aliphatic heterocycles. The average Bonchev–Trinajstić information content (AvgIpc) is 3.14. The van der Waals surface area contributed by atoms with Crippen LogP contribution in [0.2, 0.25) is 5.02 Å². The van der Waals surface area contributed by atoms with Crippen LogP contribution in [-0.4, -0.2) is 64.4 Å². The van der Waals surface area contributed by atoms with E-state index in [1.54, 1.807) is 18.9 Å². The van der Waals surface area contributed by atoms with Gasteiger partial charge in [-0.15, -0.1) is 0 Å². The number of hydrogen-bond donors (Lipinski definition) is 2. The van der Waals surface area contributed by atoms with Crippen LogP contribution in [0, 0.1) is 5.82 Å². The molecule has 0 spiro atoms. The van der Waals surface area contributed by atoms with Crippen molar-refractivity contribution in [1.29, 1.82) is 0 Å². The van der Waals surface area contributed by atoms with Crippen LogP contribution >= 0.6 is 23.4 Å². The van der Waals surface area contributed by atoms with Crippen molar-refractivity contribution in [2.24, 2.45) is 0 Å². The molecule has 2 amide bonds. The van der Waals surface area contributed by atoms with Crippen molar-refractivity contribution in [2.45, 2.75) is 92.3 Å². The number of thioether (sulfide) groups is 1. The van der Waals surface area contributed by atoms with E-state index in [4.69, 9.17) is 21.1 Å². The molecule has 192 valence electrons. The molecular formula is C25H33ClFN3O4S. The summed E-state index contributed by atoms with van der Waals surface area (Å²) in [5, 5.41) is 6.15. The van der Waals surface area contributed by atoms with Crippen molar-refractivity contribution in [3.63, 3.8) is 0 Å². The molecule has 6 rings (SSSR count). The predicted molar refractivity (Wildman–Crippen MR) is 133 cm³/mol. The number of carbonyl (C=O) groups is 2. The molecular weight excluding hydrogens is 493 g/mol. The van der Waals surface area contributed by atoms with Gasteiger partial charge >= 0.3 is 0 Å². The second kappa shape index (κ2) is 9.72. The van der Waals surface area contributed by atoms with Crippen LogP contribution in [0.25, 0.3) is 0 Å². The first-order valence-corrected chi connectivity index (χ1v) is 13.7. The summed E-state index contributed by atoms with van der Waals surface area (Å²) in [4.78, 5) is 28.0. The predicted octanol–water partition coefficient (Wildman–Crippen LogP) is 3.83. The summed E-state index contributed by atoms with van der Waals surface area (Å²) >= 11 is 7.28. The SMILES string of the molecule is COC1SC(C(=O)NC23CC(NC(=O)COc4ccc(Cl)c(F)c4)(C2)C3)C(C)N1C1CCCCC1. The van der Waals surface area contributed by atoms with Gasteiger partial charge in [-0.2, -0.15) is 0 Å². The molecule has 10 heteroatoms. The third kappa shape index (κ3) is 4.89. The first-order chi connectivity index (χ1) is 16.7. The summed E-state index contributed by atoms with van der Waals surface area (Å²) in [6, 6.07) is 4.67. The molecule has 3 unspecified atom stereocenters. The number of carbonyl (C=O) groups excluding carboxylic acids is 2. The Balaban J connectivity index is 1.09. The highest BCUT2D eigenvalue weighted by molar-refractivity contribution is 8.01. The maximum absolute atomic E-state index is 13.5. The van der Waals surface area contributed by atoms with Crippen molar-refractivity contribution < 1.29 is 23.5 Å². The highest BCUT2D eigenvalue weighted by atomic mass is 35.5. The Morgan fingerprint density at radius 3 is 2.51 bits per heavy atom. The summed E-state index contributed by atoms with van der Waals surface area (Å²) in [7, 11) is 1.72. The second-order valence-electron chi connectivity index (χ2n) is 10.6. The van der Waals surface area contributed by atoms with E-state index in [2.05, 4.69) is 22.5 Å². The van der Waals surface area contributed by atoms with Crippen LogP contribution in [0.4, 0.5) is 4.39 Å². The molecule has 0 radical (unpaired) electrons. The molecule has 7 nitrogen and oxygen atoms in total. The van der Waals surface area contributed by atoms with Gasteiger partial charge in [0.15, 0.2) is 12.2 Å². The van der Waals surface area contributed by atoms with Crippen molar-refractivity contribution >= 4 is 35.2 Å². The van der Waals surface area contributed by atoms with Crippen molar-refractivity contribution in [3.05, 3.63) is 29.0 Å². The van der Waals surface area contributed by atoms with Gasteiger partial charge in [-0.25, -0.2) is 4.39 Å². The summed E-state index contributed by atoms with van der Waals surface area (Å²) < 4.78 is 24.7. The molecule has 2 N–H and O–H groups in total. The topological polar surface area (TPSA) is 79.9 Å². The number of rotatable bonds is 8. The molecule has 4 aliphatic carbocycles. The second-order valence-corrected chi connectivity index (χ2v) is 12.2. The Labute approximate surface area is 214 Å². The van der Waals surface area contributed by atoms with E-state index in [0.717, 1.165) is 25.3 Å². The van der Waals surface area contributed by atoms with E-state index >= 15 is 0 Å². The van der Waals surface area contributed by atoms with E-state index in [1.807, 2.05) is 0 Å². The van der Waals surface area contributed by atoms with Crippen molar-refractivity contribution in [1.82, 2.24) is 15.5 Å². The molecule has 35 heavy (non-hydrogen) atoms. The number of ether oxygens (including phenoxy) is 2. The summed E-state index contributed by atoms with van der Waals surface area (Å²) in [6.07, 6.45) is 8.27. The summed E-state index contributed by atoms with van der Waals surface area (Å²) in [5.41, 5.74) is -0.598. The van der Waals surface area contributed by atoms with Crippen molar-refractivity contribution in [2.75, 3.05) is 13.7 Å². The van der Waals surface area contributed by atoms with Crippen LogP contribution in [0.15, 0.2) is 18.2 Å². The molecule has 2 bridgehead atoms. The smallest absolute Gasteiger partial charge is 0.258 e. The van der Waals surface area contributed by atoms with Crippen LogP contribution in [0.5, 0.6) is 5.75 Å². The normalized spacial score (nSPS) is 34.6. The molecule has 1 saturated heterocycles. The Morgan fingerprint density at radius 1 is 1.17 bits per heavy atom. The fraction of sp³-hybridized carbons (Fsp3) is 0.680. The minimum atomic E-state index is -0.588. The van der Waals surface area contributed by atoms with Crippen LogP contribution < -0.4 is 15.4 Å². The summed E-state index contributed by atoms with van der Waals surface area (Å²) in [5.74, 6) is -0.528. The minimum absolute atomic E-state index is 0.00727. The van der Waals surface area contributed by atoms with Gasteiger partial charge < -0.3 is 20.1 Å². The van der Waals surface area contributed by atoms with Gasteiger partial charge in [0.1, 0.15) is 16.8 Å². The van der Waals surface area contributed by atoms with Crippen LogP contribution in [0.1, 0.15) is 58.3 Å². The standard InChI is InChI=1S/C25H33ClFN3O4S/c1-15-21(35-23(33-2)30(15)16-6-4-3-5-7-16)22(32)29-25-12-24(13-25,14-25)28-20(31)11-34-17-8-9-18(26)19(27)10-17/h8-10,15-16,21,23H,3-7,11-14H2,1-2H3,(H,28,31)(H,29,32). The maximum Gasteiger partial charge on any atom is 0.258 e. The zero-order chi connectivity index (χ0) is 24.8. The van der Waals surface area contributed by atoms with E-state index < -0.39 is 5.82 Å². The Morgan fingerprint density at radius 2 is 1.86 bits per heavy atom. The molecule has 1 aromatic rings. The zero-order valence-electron chi connectivity index (χ0n) is 20.1. The number of hydrogen-bond acceptors (Lipinski definition) is 6. The first kappa shape index (κ1) is 25.1. The largest absolute Gasteiger partial charge is 0.484 e. The van der Waals surface area contributed by atoms with Gasteiger partial charge in [-0.3, -0.25) is 14.5 Å². The lowest BCUT2D eigenvalue weighted by Gasteiger charge is -2.70. The van der Waals surface area contributed by atoms with Crippen LogP contribution in [0.3, 0.4) is 0 Å². The van der Waals surface area contributed by atoms with Gasteiger partial charge in [-0.1, -0.05) is 42.6 Å². The molecule has 1 heterocycles. The Kier molecular flexibility index (Phi) is 6.98. The third-order valence-corrected chi connectivity index (χ3v) is 9.83. The lowest BCUT2D eigenvalue weighted by atomic mass is 9.44. The van der Waals surface area contributed by atoms with E-state index in [0.29, 0.717) is 6.04 Å². The molecule has 0 aromatic heterocycles. The molecule has 1 aromatic carbocycles. The lowest BCUT2D eigenvalue weighted by Crippen LogP contribution is -2.84. The van der Waals surface area contributed by atoms with Gasteiger partial charge in [0, 0.05) is 36.3 Å². The number of amides is 2. The highest BCUT2D eigenvalue weighted by Crippen LogP contribution is 2.60. The van der Waals surface area contributed by atoms with Gasteiger partial charge in [0.25, 0.3) is 5.91 Å². The zero-order valence-corrected chi connectivity index (χ0v) is 21.7. The number of benzene rings is 1. The van der Waals surface area contributed by atoms with Gasteiger partial charge in [0.05, 0.1) is 5.02 Å². The van der Waals surface area contributed by atoms with Gasteiger partial charge in [0.2, 0.25) is 5.91 Å². The monoisotopic (exact) mass is 525 g/mol. The highest BCUT2D eigenvalue weighted by Gasteiger charge is 2.69. The molecule has 3 atom stereocenters. The molecule has 5 fully saturated rings. The number of nitrogens with zero attached hydrogens (tertiary/aromatic N) is 1. The molecule has 5 aliphatic rings. The minimum Gasteiger partial charge on any atom is -0.484 e. The van der Waals surface area contributed by atoms with E-state index in [1.165, 1.54) is 44.2 Å². The fourth-order valence-electron chi connectivity index (χ4n) is 6.43. The average molecular weight is 526 g/mol. The summed E-state index contributed by atoms with van der Waals surface area (Å²) in [6.45, 7) is 1.94. The Bertz CT molecular complexity index is 972. The number of methoxy groups -OCH3 is 1.